The molecule has 0 radical (unpaired) electrons. The van der Waals surface area contributed by atoms with Gasteiger partial charge in [0.1, 0.15) is 12.1 Å². The van der Waals surface area contributed by atoms with E-state index in [4.69, 9.17) is 0 Å². The Morgan fingerprint density at radius 2 is 1.79 bits per heavy atom. The minimum atomic E-state index is -0.810. The van der Waals surface area contributed by atoms with Crippen molar-refractivity contribution < 1.29 is 19.2 Å². The van der Waals surface area contributed by atoms with Gasteiger partial charge in [-0.2, -0.15) is 0 Å². The van der Waals surface area contributed by atoms with E-state index < -0.39 is 30.1 Å². The predicted molar refractivity (Wildman–Crippen MR) is 87.1 cm³/mol. The van der Waals surface area contributed by atoms with Crippen LogP contribution >= 0.6 is 0 Å². The van der Waals surface area contributed by atoms with Gasteiger partial charge in [-0.3, -0.25) is 19.8 Å². The summed E-state index contributed by atoms with van der Waals surface area (Å²) >= 11 is 0. The van der Waals surface area contributed by atoms with Crippen LogP contribution in [-0.2, 0) is 9.59 Å². The molecule has 8 heteroatoms. The summed E-state index contributed by atoms with van der Waals surface area (Å²) in [7, 11) is 1.61. The Morgan fingerprint density at radius 1 is 1.17 bits per heavy atom. The van der Waals surface area contributed by atoms with Gasteiger partial charge in [-0.1, -0.05) is 33.1 Å². The number of carbonyl (C=O) groups excluding carboxylic acids is 4. The summed E-state index contributed by atoms with van der Waals surface area (Å²) < 4.78 is 0. The zero-order valence-corrected chi connectivity index (χ0v) is 14.6. The molecule has 1 spiro atoms. The zero-order valence-electron chi connectivity index (χ0n) is 14.6. The summed E-state index contributed by atoms with van der Waals surface area (Å²) in [5.74, 6) is -0.737. The van der Waals surface area contributed by atoms with Crippen molar-refractivity contribution in [1.82, 2.24) is 20.4 Å². The van der Waals surface area contributed by atoms with Crippen molar-refractivity contribution in [3.63, 3.8) is 0 Å². The molecule has 0 aromatic carbocycles. The maximum atomic E-state index is 12.7. The van der Waals surface area contributed by atoms with Crippen molar-refractivity contribution in [1.29, 1.82) is 0 Å². The summed E-state index contributed by atoms with van der Waals surface area (Å²) in [6, 6.07) is -1.09. The second-order valence-electron chi connectivity index (χ2n) is 6.98. The summed E-state index contributed by atoms with van der Waals surface area (Å²) in [4.78, 5) is 51.1. The van der Waals surface area contributed by atoms with Crippen LogP contribution in [0.5, 0.6) is 0 Å². The van der Waals surface area contributed by atoms with Gasteiger partial charge in [0.2, 0.25) is 5.91 Å². The van der Waals surface area contributed by atoms with Crippen molar-refractivity contribution in [3.05, 3.63) is 0 Å². The van der Waals surface area contributed by atoms with Crippen molar-refractivity contribution in [3.8, 4) is 0 Å². The van der Waals surface area contributed by atoms with Crippen LogP contribution in [0, 0.1) is 5.92 Å². The molecule has 6 amide bonds. The largest absolute Gasteiger partial charge is 0.338 e. The number of imide groups is 2. The topological polar surface area (TPSA) is 98.8 Å². The standard InChI is InChI=1S/C16H26N4O4/c1-11(2)9-17-14(23)18-12(21)10-20-13(22)16(19(3)15(20)24)7-5-4-6-8-16/h11H,4-10H2,1-3H3,(H2,17,18,21,23). The molecule has 2 N–H and O–H groups in total. The molecule has 1 saturated heterocycles. The Labute approximate surface area is 141 Å². The molecule has 1 heterocycles. The highest BCUT2D eigenvalue weighted by Gasteiger charge is 2.55. The first-order valence-corrected chi connectivity index (χ1v) is 8.45. The molecule has 24 heavy (non-hydrogen) atoms. The highest BCUT2D eigenvalue weighted by atomic mass is 16.2. The number of carbonyl (C=O) groups is 4. The summed E-state index contributed by atoms with van der Waals surface area (Å²) in [5, 5.41) is 4.71. The number of urea groups is 2. The molecule has 8 nitrogen and oxygen atoms in total. The van der Waals surface area contributed by atoms with Gasteiger partial charge < -0.3 is 10.2 Å². The zero-order chi connectivity index (χ0) is 17.9. The Morgan fingerprint density at radius 3 is 2.38 bits per heavy atom. The number of hydrogen-bond acceptors (Lipinski definition) is 4. The maximum Gasteiger partial charge on any atom is 0.327 e. The second-order valence-corrected chi connectivity index (χ2v) is 6.98. The van der Waals surface area contributed by atoms with E-state index in [1.807, 2.05) is 13.8 Å². The Hall–Kier alpha value is -2.12. The van der Waals surface area contributed by atoms with E-state index in [-0.39, 0.29) is 11.8 Å². The highest BCUT2D eigenvalue weighted by Crippen LogP contribution is 2.39. The SMILES string of the molecule is CC(C)CNC(=O)NC(=O)CN1C(=O)N(C)C2(CCCCC2)C1=O. The predicted octanol–water partition coefficient (Wildman–Crippen LogP) is 1.07. The van der Waals surface area contributed by atoms with Gasteiger partial charge in [0.05, 0.1) is 0 Å². The Balaban J connectivity index is 1.97. The smallest absolute Gasteiger partial charge is 0.327 e. The number of nitrogens with zero attached hydrogens (tertiary/aromatic N) is 2. The lowest BCUT2D eigenvalue weighted by Crippen LogP contribution is -2.50. The van der Waals surface area contributed by atoms with Crippen molar-refractivity contribution in [2.75, 3.05) is 20.1 Å². The fourth-order valence-corrected chi connectivity index (χ4v) is 3.32. The van der Waals surface area contributed by atoms with Gasteiger partial charge in [-0.15, -0.1) is 0 Å². The number of likely N-dealkylation sites (N-methyl/N-ethyl adjacent to an activating group) is 1. The number of nitrogens with one attached hydrogen (secondary N) is 2. The monoisotopic (exact) mass is 338 g/mol. The average Bonchev–Trinajstić information content (AvgIpc) is 2.70. The van der Waals surface area contributed by atoms with Crippen molar-refractivity contribution in [2.45, 2.75) is 51.5 Å². The number of amides is 6. The van der Waals surface area contributed by atoms with Crippen LogP contribution in [0.25, 0.3) is 0 Å². The van der Waals surface area contributed by atoms with Crippen LogP contribution in [0.2, 0.25) is 0 Å². The molecule has 2 rings (SSSR count). The summed E-state index contributed by atoms with van der Waals surface area (Å²) in [6.07, 6.45) is 4.08. The van der Waals surface area contributed by atoms with Crippen LogP contribution in [0.4, 0.5) is 9.59 Å². The molecule has 1 aliphatic heterocycles. The molecule has 2 fully saturated rings. The summed E-state index contributed by atoms with van der Waals surface area (Å²) in [6.45, 7) is 3.87. The van der Waals surface area contributed by atoms with Crippen LogP contribution in [0.1, 0.15) is 46.0 Å². The number of rotatable bonds is 4. The van der Waals surface area contributed by atoms with Crippen LogP contribution < -0.4 is 10.6 Å². The lowest BCUT2D eigenvalue weighted by atomic mass is 9.81. The van der Waals surface area contributed by atoms with E-state index in [1.54, 1.807) is 7.05 Å². The van der Waals surface area contributed by atoms with E-state index >= 15 is 0 Å². The lowest BCUT2D eigenvalue weighted by molar-refractivity contribution is -0.137. The minimum Gasteiger partial charge on any atom is -0.338 e. The van der Waals surface area contributed by atoms with E-state index in [1.165, 1.54) is 4.90 Å². The average molecular weight is 338 g/mol. The Bertz CT molecular complexity index is 540. The number of hydrogen-bond donors (Lipinski definition) is 2. The summed E-state index contributed by atoms with van der Waals surface area (Å²) in [5.41, 5.74) is -0.810. The quantitative estimate of drug-likeness (QED) is 0.749. The van der Waals surface area contributed by atoms with E-state index in [2.05, 4.69) is 10.6 Å². The molecule has 134 valence electrons. The van der Waals surface area contributed by atoms with Gasteiger partial charge in [0, 0.05) is 13.6 Å². The molecule has 0 bridgehead atoms. The normalized spacial score (nSPS) is 20.0. The molecule has 1 aliphatic carbocycles. The molecule has 2 aliphatic rings. The van der Waals surface area contributed by atoms with Crippen LogP contribution in [-0.4, -0.2) is 59.4 Å². The fraction of sp³-hybridized carbons (Fsp3) is 0.750. The maximum absolute atomic E-state index is 12.7. The third kappa shape index (κ3) is 3.52. The van der Waals surface area contributed by atoms with Gasteiger partial charge in [0.15, 0.2) is 0 Å². The first kappa shape index (κ1) is 18.2. The van der Waals surface area contributed by atoms with E-state index in [0.29, 0.717) is 19.4 Å². The first-order chi connectivity index (χ1) is 11.3. The Kier molecular flexibility index (Phi) is 5.46. The van der Waals surface area contributed by atoms with E-state index in [9.17, 15) is 19.2 Å². The highest BCUT2D eigenvalue weighted by molar-refractivity contribution is 6.09. The van der Waals surface area contributed by atoms with Crippen molar-refractivity contribution >= 4 is 23.9 Å². The molecule has 0 aromatic heterocycles. The second kappa shape index (κ2) is 7.19. The van der Waals surface area contributed by atoms with Crippen LogP contribution in [0.3, 0.4) is 0 Å². The molecule has 0 unspecified atom stereocenters. The van der Waals surface area contributed by atoms with Crippen LogP contribution in [0.15, 0.2) is 0 Å². The third-order valence-corrected chi connectivity index (χ3v) is 4.71. The van der Waals surface area contributed by atoms with Gasteiger partial charge in [0.25, 0.3) is 5.91 Å². The molecular formula is C16H26N4O4. The van der Waals surface area contributed by atoms with Gasteiger partial charge in [-0.25, -0.2) is 9.59 Å². The fourth-order valence-electron chi connectivity index (χ4n) is 3.32. The molecule has 0 aromatic rings. The molecular weight excluding hydrogens is 312 g/mol. The lowest BCUT2D eigenvalue weighted by Gasteiger charge is -2.35. The van der Waals surface area contributed by atoms with Gasteiger partial charge >= 0.3 is 12.1 Å². The van der Waals surface area contributed by atoms with Gasteiger partial charge in [-0.05, 0) is 18.8 Å². The first-order valence-electron chi connectivity index (χ1n) is 8.45. The molecule has 0 atom stereocenters. The van der Waals surface area contributed by atoms with E-state index in [0.717, 1.165) is 24.2 Å². The minimum absolute atomic E-state index is 0.257. The third-order valence-electron chi connectivity index (χ3n) is 4.71. The molecule has 1 saturated carbocycles. The van der Waals surface area contributed by atoms with Crippen molar-refractivity contribution in [2.24, 2.45) is 5.92 Å².